The van der Waals surface area contributed by atoms with Gasteiger partial charge in [-0.25, -0.2) is 4.39 Å². The minimum absolute atomic E-state index is 0.0176. The molecule has 5 nitrogen and oxygen atoms in total. The maximum atomic E-state index is 14.5. The van der Waals surface area contributed by atoms with Crippen LogP contribution in [-0.4, -0.2) is 49.4 Å². The van der Waals surface area contributed by atoms with E-state index in [0.29, 0.717) is 13.0 Å². The van der Waals surface area contributed by atoms with Crippen LogP contribution < -0.4 is 10.6 Å². The summed E-state index contributed by atoms with van der Waals surface area (Å²) in [5, 5.41) is 5.74. The summed E-state index contributed by atoms with van der Waals surface area (Å²) < 4.78 is 14.5. The van der Waals surface area contributed by atoms with E-state index in [2.05, 4.69) is 10.6 Å². The quantitative estimate of drug-likeness (QED) is 0.632. The van der Waals surface area contributed by atoms with Gasteiger partial charge in [-0.3, -0.25) is 9.59 Å². The van der Waals surface area contributed by atoms with Gasteiger partial charge in [-0.15, -0.1) is 0 Å². The molecule has 0 unspecified atom stereocenters. The van der Waals surface area contributed by atoms with Crippen LogP contribution in [-0.2, 0) is 16.6 Å². The van der Waals surface area contributed by atoms with E-state index in [9.17, 15) is 14.0 Å². The van der Waals surface area contributed by atoms with Crippen molar-refractivity contribution in [3.8, 4) is 0 Å². The highest BCUT2D eigenvalue weighted by Crippen LogP contribution is 2.46. The number of benzene rings is 2. The van der Waals surface area contributed by atoms with E-state index >= 15 is 0 Å². The molecule has 0 saturated carbocycles. The lowest BCUT2D eigenvalue weighted by atomic mass is 9.92. The van der Waals surface area contributed by atoms with Crippen LogP contribution in [0.2, 0.25) is 0 Å². The molecule has 2 amide bonds. The summed E-state index contributed by atoms with van der Waals surface area (Å²) in [4.78, 5) is 26.9. The van der Waals surface area contributed by atoms with Crippen LogP contribution >= 0.6 is 0 Å². The predicted molar refractivity (Wildman–Crippen MR) is 125 cm³/mol. The fourth-order valence-corrected chi connectivity index (χ4v) is 3.80. The van der Waals surface area contributed by atoms with Crippen LogP contribution in [0.4, 0.5) is 4.39 Å². The van der Waals surface area contributed by atoms with Gasteiger partial charge in [0.15, 0.2) is 0 Å². The van der Waals surface area contributed by atoms with Crippen molar-refractivity contribution in [3.05, 3.63) is 82.7 Å². The Balaban J connectivity index is 1.60. The van der Waals surface area contributed by atoms with E-state index < -0.39 is 11.7 Å². The van der Waals surface area contributed by atoms with Crippen molar-refractivity contribution in [3.63, 3.8) is 0 Å². The van der Waals surface area contributed by atoms with Gasteiger partial charge in [-0.1, -0.05) is 42.5 Å². The van der Waals surface area contributed by atoms with E-state index in [4.69, 9.17) is 0 Å². The number of amides is 2. The number of halogens is 1. The Bertz CT molecular complexity index is 1020. The van der Waals surface area contributed by atoms with Gasteiger partial charge in [0.1, 0.15) is 5.82 Å². The second-order valence-corrected chi connectivity index (χ2v) is 9.10. The highest BCUT2D eigenvalue weighted by molar-refractivity contribution is 6.02. The smallest absolute Gasteiger partial charge is 0.254 e. The molecular formula is C26H32FN3O2. The van der Waals surface area contributed by atoms with Gasteiger partial charge in [0.25, 0.3) is 5.91 Å². The first-order valence-electron chi connectivity index (χ1n) is 10.9. The minimum Gasteiger partial charge on any atom is -0.351 e. The lowest BCUT2D eigenvalue weighted by Crippen LogP contribution is -2.42. The number of hydrogen-bond acceptors (Lipinski definition) is 3. The normalized spacial score (nSPS) is 18.3. The van der Waals surface area contributed by atoms with Gasteiger partial charge in [0, 0.05) is 29.6 Å². The van der Waals surface area contributed by atoms with Crippen molar-refractivity contribution >= 4 is 11.8 Å². The topological polar surface area (TPSA) is 61.4 Å². The zero-order chi connectivity index (χ0) is 23.5. The molecule has 0 aromatic heterocycles. The molecular weight excluding hydrogens is 405 g/mol. The summed E-state index contributed by atoms with van der Waals surface area (Å²) in [6.45, 7) is 6.15. The molecule has 2 N–H and O–H groups in total. The molecule has 0 heterocycles. The third kappa shape index (κ3) is 5.43. The lowest BCUT2D eigenvalue weighted by Gasteiger charge is -2.25. The maximum absolute atomic E-state index is 14.5. The molecule has 0 saturated heterocycles. The predicted octanol–water partition coefficient (Wildman–Crippen LogP) is 3.45. The van der Waals surface area contributed by atoms with Crippen LogP contribution in [0.15, 0.2) is 60.2 Å². The highest BCUT2D eigenvalue weighted by Gasteiger charge is 2.44. The fourth-order valence-electron chi connectivity index (χ4n) is 3.80. The summed E-state index contributed by atoms with van der Waals surface area (Å²) >= 11 is 0. The standard InChI is InChI=1S/C26H32FN3O2/c1-17(2)29-24(31)21-12-11-18(14-23(21)27)13-20(30(4)5)16-28-25(32)22-15-26(22,3)19-9-7-6-8-10-19/h6-12,14-15,17,20H,13,16H2,1-5H3,(H,28,32)(H,29,31)/t20-,26+/m0/s1. The molecule has 32 heavy (non-hydrogen) atoms. The molecule has 1 aliphatic rings. The Hall–Kier alpha value is -2.99. The molecule has 0 fully saturated rings. The number of nitrogens with one attached hydrogen (secondary N) is 2. The zero-order valence-electron chi connectivity index (χ0n) is 19.4. The van der Waals surface area contributed by atoms with Gasteiger partial charge >= 0.3 is 0 Å². The van der Waals surface area contributed by atoms with Crippen LogP contribution in [0.1, 0.15) is 42.3 Å². The molecule has 170 valence electrons. The third-order valence-corrected chi connectivity index (χ3v) is 5.93. The molecule has 0 radical (unpaired) electrons. The van der Waals surface area contributed by atoms with Crippen molar-refractivity contribution in [2.75, 3.05) is 20.6 Å². The lowest BCUT2D eigenvalue weighted by molar-refractivity contribution is -0.117. The van der Waals surface area contributed by atoms with Crippen molar-refractivity contribution in [1.29, 1.82) is 0 Å². The zero-order valence-corrected chi connectivity index (χ0v) is 19.4. The number of carbonyl (C=O) groups excluding carboxylic acids is 2. The van der Waals surface area contributed by atoms with E-state index in [1.165, 1.54) is 12.1 Å². The van der Waals surface area contributed by atoms with Gasteiger partial charge < -0.3 is 15.5 Å². The molecule has 2 aromatic carbocycles. The molecule has 2 aromatic rings. The van der Waals surface area contributed by atoms with Gasteiger partial charge in [-0.2, -0.15) is 0 Å². The minimum atomic E-state index is -0.538. The summed E-state index contributed by atoms with van der Waals surface area (Å²) in [7, 11) is 3.87. The number of likely N-dealkylation sites (N-methyl/N-ethyl adjacent to an activating group) is 1. The number of nitrogens with zero attached hydrogens (tertiary/aromatic N) is 1. The molecule has 0 spiro atoms. The first kappa shape index (κ1) is 23.7. The SMILES string of the molecule is CC(C)NC(=O)c1ccc(C[C@@H](CNC(=O)C2=C[C@]2(C)c2ccccc2)N(C)C)cc1F. The average Bonchev–Trinajstić information content (AvgIpc) is 3.44. The third-order valence-electron chi connectivity index (χ3n) is 5.93. The molecule has 0 bridgehead atoms. The van der Waals surface area contributed by atoms with E-state index in [1.807, 2.05) is 76.2 Å². The van der Waals surface area contributed by atoms with Crippen molar-refractivity contribution in [2.24, 2.45) is 0 Å². The highest BCUT2D eigenvalue weighted by atomic mass is 19.1. The Morgan fingerprint density at radius 3 is 2.34 bits per heavy atom. The Morgan fingerprint density at radius 1 is 1.06 bits per heavy atom. The molecule has 2 atom stereocenters. The molecule has 3 rings (SSSR count). The van der Waals surface area contributed by atoms with Gasteiger partial charge in [-0.05, 0) is 64.5 Å². The largest absolute Gasteiger partial charge is 0.351 e. The van der Waals surface area contributed by atoms with E-state index in [-0.39, 0.29) is 29.0 Å². The van der Waals surface area contributed by atoms with Crippen molar-refractivity contribution < 1.29 is 14.0 Å². The summed E-state index contributed by atoms with van der Waals surface area (Å²) in [6, 6.07) is 14.6. The Labute approximate surface area is 189 Å². The average molecular weight is 438 g/mol. The number of hydrogen-bond donors (Lipinski definition) is 2. The van der Waals surface area contributed by atoms with Crippen LogP contribution in [0, 0.1) is 5.82 Å². The molecule has 6 heteroatoms. The summed E-state index contributed by atoms with van der Waals surface area (Å²) in [5.74, 6) is -1.03. The van der Waals surface area contributed by atoms with Gasteiger partial charge in [0.05, 0.1) is 5.56 Å². The Kier molecular flexibility index (Phi) is 7.14. The number of carbonyl (C=O) groups is 2. The second kappa shape index (κ2) is 9.65. The number of rotatable bonds is 9. The molecule has 0 aliphatic heterocycles. The summed E-state index contributed by atoms with van der Waals surface area (Å²) in [6.07, 6.45) is 2.53. The first-order valence-corrected chi connectivity index (χ1v) is 10.9. The monoisotopic (exact) mass is 437 g/mol. The first-order chi connectivity index (χ1) is 15.1. The van der Waals surface area contributed by atoms with E-state index in [0.717, 1.165) is 16.7 Å². The van der Waals surface area contributed by atoms with Crippen LogP contribution in [0.3, 0.4) is 0 Å². The fraction of sp³-hybridized carbons (Fsp3) is 0.385. The van der Waals surface area contributed by atoms with Crippen LogP contribution in [0.5, 0.6) is 0 Å². The number of allylic oxidation sites excluding steroid dienone is 1. The van der Waals surface area contributed by atoms with Crippen molar-refractivity contribution in [2.45, 2.75) is 44.7 Å². The summed E-state index contributed by atoms with van der Waals surface area (Å²) in [5.41, 5.74) is 2.38. The molecule has 1 aliphatic carbocycles. The Morgan fingerprint density at radius 2 is 1.75 bits per heavy atom. The van der Waals surface area contributed by atoms with Crippen LogP contribution in [0.25, 0.3) is 0 Å². The second-order valence-electron chi connectivity index (χ2n) is 9.10. The maximum Gasteiger partial charge on any atom is 0.254 e. The van der Waals surface area contributed by atoms with Crippen molar-refractivity contribution in [1.82, 2.24) is 15.5 Å². The van der Waals surface area contributed by atoms with Gasteiger partial charge in [0.2, 0.25) is 5.91 Å². The van der Waals surface area contributed by atoms with E-state index in [1.54, 1.807) is 6.07 Å².